The van der Waals surface area contributed by atoms with Crippen molar-refractivity contribution in [2.75, 3.05) is 23.9 Å². The smallest absolute Gasteiger partial charge is 0.225 e. The molecule has 2 aromatic carbocycles. The summed E-state index contributed by atoms with van der Waals surface area (Å²) in [5, 5.41) is 3.77. The van der Waals surface area contributed by atoms with E-state index in [0.29, 0.717) is 11.9 Å². The highest BCUT2D eigenvalue weighted by molar-refractivity contribution is 7.99. The highest BCUT2D eigenvalue weighted by Crippen LogP contribution is 2.40. The summed E-state index contributed by atoms with van der Waals surface area (Å²) in [6.07, 6.45) is 3.09. The molecule has 2 unspecified atom stereocenters. The van der Waals surface area contributed by atoms with Crippen molar-refractivity contribution in [2.24, 2.45) is 5.92 Å². The minimum atomic E-state index is 0.0910. The zero-order valence-corrected chi connectivity index (χ0v) is 19.5. The standard InChI is InChI=1S/C26H34N2OS/c1-18(28(4)25(29)20-13-15-30-16-14-20)19-9-11-22(12-10-19)27-24-17-21-7-5-6-8-23(21)26(24,2)3/h5-12,18,20,24,27H,13-17H2,1-4H3. The summed E-state index contributed by atoms with van der Waals surface area (Å²) in [5.74, 6) is 2.72. The predicted octanol–water partition coefficient (Wildman–Crippen LogP) is 5.66. The van der Waals surface area contributed by atoms with Crippen LogP contribution >= 0.6 is 11.8 Å². The van der Waals surface area contributed by atoms with E-state index in [1.165, 1.54) is 16.7 Å². The molecule has 1 amide bonds. The number of rotatable bonds is 5. The summed E-state index contributed by atoms with van der Waals surface area (Å²) in [6.45, 7) is 6.79. The quantitative estimate of drug-likeness (QED) is 0.674. The SMILES string of the molecule is CC(c1ccc(NC2Cc3ccccc3C2(C)C)cc1)N(C)C(=O)C1CCSCC1. The van der Waals surface area contributed by atoms with E-state index in [-0.39, 0.29) is 17.4 Å². The van der Waals surface area contributed by atoms with Gasteiger partial charge < -0.3 is 10.2 Å². The van der Waals surface area contributed by atoms with Crippen LogP contribution in [0.5, 0.6) is 0 Å². The maximum Gasteiger partial charge on any atom is 0.225 e. The number of nitrogens with one attached hydrogen (secondary N) is 1. The van der Waals surface area contributed by atoms with Crippen LogP contribution in [0.25, 0.3) is 0 Å². The first-order valence-electron chi connectivity index (χ1n) is 11.2. The molecule has 2 atom stereocenters. The van der Waals surface area contributed by atoms with Crippen LogP contribution in [0.15, 0.2) is 48.5 Å². The summed E-state index contributed by atoms with van der Waals surface area (Å²) < 4.78 is 0. The number of hydrogen-bond acceptors (Lipinski definition) is 3. The van der Waals surface area contributed by atoms with Gasteiger partial charge in [0.05, 0.1) is 6.04 Å². The number of anilines is 1. The molecule has 0 bridgehead atoms. The Labute approximate surface area is 185 Å². The first-order chi connectivity index (χ1) is 14.4. The number of carbonyl (C=O) groups is 1. The molecule has 0 aromatic heterocycles. The molecular weight excluding hydrogens is 388 g/mol. The van der Waals surface area contributed by atoms with Gasteiger partial charge in [0, 0.05) is 30.1 Å². The lowest BCUT2D eigenvalue weighted by Gasteiger charge is -2.31. The van der Waals surface area contributed by atoms with Gasteiger partial charge in [0.15, 0.2) is 0 Å². The average molecular weight is 423 g/mol. The van der Waals surface area contributed by atoms with Crippen molar-refractivity contribution in [1.82, 2.24) is 4.90 Å². The number of nitrogens with zero attached hydrogens (tertiary/aromatic N) is 1. The number of thioether (sulfide) groups is 1. The van der Waals surface area contributed by atoms with Gasteiger partial charge in [-0.1, -0.05) is 50.2 Å². The second kappa shape index (κ2) is 8.66. The van der Waals surface area contributed by atoms with E-state index in [0.717, 1.165) is 36.5 Å². The van der Waals surface area contributed by atoms with Crippen molar-refractivity contribution in [3.05, 3.63) is 65.2 Å². The predicted molar refractivity (Wildman–Crippen MR) is 128 cm³/mol. The third kappa shape index (κ3) is 4.12. The molecule has 1 fully saturated rings. The second-order valence-electron chi connectivity index (χ2n) is 9.41. The Morgan fingerprint density at radius 3 is 2.43 bits per heavy atom. The zero-order valence-electron chi connectivity index (χ0n) is 18.7. The molecule has 2 aromatic rings. The number of benzene rings is 2. The summed E-state index contributed by atoms with van der Waals surface area (Å²) in [6, 6.07) is 17.9. The van der Waals surface area contributed by atoms with E-state index in [4.69, 9.17) is 0 Å². The fraction of sp³-hybridized carbons (Fsp3) is 0.500. The lowest BCUT2D eigenvalue weighted by molar-refractivity contribution is -0.136. The van der Waals surface area contributed by atoms with Crippen LogP contribution in [-0.2, 0) is 16.6 Å². The van der Waals surface area contributed by atoms with Crippen LogP contribution in [-0.4, -0.2) is 35.4 Å². The van der Waals surface area contributed by atoms with Crippen LogP contribution < -0.4 is 5.32 Å². The van der Waals surface area contributed by atoms with Crippen LogP contribution in [0.1, 0.15) is 56.3 Å². The van der Waals surface area contributed by atoms with Gasteiger partial charge in [-0.25, -0.2) is 0 Å². The molecule has 160 valence electrons. The lowest BCUT2D eigenvalue weighted by atomic mass is 9.83. The fourth-order valence-corrected chi connectivity index (χ4v) is 6.03. The summed E-state index contributed by atoms with van der Waals surface area (Å²) in [7, 11) is 1.96. The highest BCUT2D eigenvalue weighted by atomic mass is 32.2. The molecule has 1 saturated heterocycles. The summed E-state index contributed by atoms with van der Waals surface area (Å²) in [5.41, 5.74) is 5.35. The topological polar surface area (TPSA) is 32.3 Å². The first kappa shape index (κ1) is 21.3. The molecule has 0 saturated carbocycles. The number of amides is 1. The first-order valence-corrected chi connectivity index (χ1v) is 12.3. The van der Waals surface area contributed by atoms with E-state index in [2.05, 4.69) is 74.6 Å². The van der Waals surface area contributed by atoms with E-state index in [1.807, 2.05) is 23.7 Å². The van der Waals surface area contributed by atoms with Crippen molar-refractivity contribution < 1.29 is 4.79 Å². The van der Waals surface area contributed by atoms with Crippen molar-refractivity contribution in [2.45, 2.75) is 57.5 Å². The lowest BCUT2D eigenvalue weighted by Crippen LogP contribution is -2.36. The molecule has 1 heterocycles. The van der Waals surface area contributed by atoms with Crippen LogP contribution in [0.4, 0.5) is 5.69 Å². The van der Waals surface area contributed by atoms with Crippen molar-refractivity contribution >= 4 is 23.4 Å². The van der Waals surface area contributed by atoms with Gasteiger partial charge >= 0.3 is 0 Å². The molecule has 4 heteroatoms. The van der Waals surface area contributed by atoms with Gasteiger partial charge in [0.25, 0.3) is 0 Å². The Morgan fingerprint density at radius 2 is 1.77 bits per heavy atom. The maximum atomic E-state index is 12.9. The Morgan fingerprint density at radius 1 is 1.10 bits per heavy atom. The average Bonchev–Trinajstić information content (AvgIpc) is 3.03. The molecule has 1 aliphatic carbocycles. The maximum absolute atomic E-state index is 12.9. The third-order valence-electron chi connectivity index (χ3n) is 7.24. The number of fused-ring (bicyclic) bond motifs is 1. The molecule has 4 rings (SSSR count). The van der Waals surface area contributed by atoms with E-state index in [9.17, 15) is 4.79 Å². The monoisotopic (exact) mass is 422 g/mol. The number of hydrogen-bond donors (Lipinski definition) is 1. The van der Waals surface area contributed by atoms with Crippen molar-refractivity contribution in [1.29, 1.82) is 0 Å². The molecular formula is C26H34N2OS. The van der Waals surface area contributed by atoms with Crippen LogP contribution in [0.2, 0.25) is 0 Å². The largest absolute Gasteiger partial charge is 0.381 e. The molecule has 3 nitrogen and oxygen atoms in total. The minimum absolute atomic E-state index is 0.0910. The van der Waals surface area contributed by atoms with Gasteiger partial charge in [0.2, 0.25) is 5.91 Å². The normalized spacial score (nSPS) is 21.7. The fourth-order valence-electron chi connectivity index (χ4n) is 4.93. The molecule has 1 N–H and O–H groups in total. The van der Waals surface area contributed by atoms with E-state index in [1.54, 1.807) is 0 Å². The van der Waals surface area contributed by atoms with Gasteiger partial charge in [-0.3, -0.25) is 4.79 Å². The summed E-state index contributed by atoms with van der Waals surface area (Å²) >= 11 is 1.97. The summed E-state index contributed by atoms with van der Waals surface area (Å²) in [4.78, 5) is 14.8. The molecule has 0 radical (unpaired) electrons. The molecule has 0 spiro atoms. The Kier molecular flexibility index (Phi) is 6.15. The van der Waals surface area contributed by atoms with E-state index >= 15 is 0 Å². The zero-order chi connectivity index (χ0) is 21.3. The highest BCUT2D eigenvalue weighted by Gasteiger charge is 2.39. The number of carbonyl (C=O) groups excluding carboxylic acids is 1. The Balaban J connectivity index is 1.41. The van der Waals surface area contributed by atoms with Gasteiger partial charge in [0.1, 0.15) is 0 Å². The molecule has 2 aliphatic rings. The van der Waals surface area contributed by atoms with Crippen molar-refractivity contribution in [3.63, 3.8) is 0 Å². The van der Waals surface area contributed by atoms with Gasteiger partial charge in [-0.05, 0) is 66.5 Å². The second-order valence-corrected chi connectivity index (χ2v) is 10.6. The molecule has 1 aliphatic heterocycles. The van der Waals surface area contributed by atoms with E-state index < -0.39 is 0 Å². The van der Waals surface area contributed by atoms with Crippen LogP contribution in [0, 0.1) is 5.92 Å². The van der Waals surface area contributed by atoms with Gasteiger partial charge in [-0.15, -0.1) is 0 Å². The Hall–Kier alpha value is -1.94. The van der Waals surface area contributed by atoms with Crippen LogP contribution in [0.3, 0.4) is 0 Å². The van der Waals surface area contributed by atoms with Gasteiger partial charge in [-0.2, -0.15) is 11.8 Å². The minimum Gasteiger partial charge on any atom is -0.381 e. The third-order valence-corrected chi connectivity index (χ3v) is 8.29. The Bertz CT molecular complexity index is 886. The molecule has 30 heavy (non-hydrogen) atoms. The van der Waals surface area contributed by atoms with Crippen molar-refractivity contribution in [3.8, 4) is 0 Å².